The zero-order valence-corrected chi connectivity index (χ0v) is 26.5. The van der Waals surface area contributed by atoms with Gasteiger partial charge in [0.05, 0.1) is 0 Å². The number of methoxy groups -OCH3 is 2. The monoisotopic (exact) mass is 580 g/mol. The second-order valence-electron chi connectivity index (χ2n) is 10.8. The summed E-state index contributed by atoms with van der Waals surface area (Å²) in [7, 11) is 3.67. The van der Waals surface area contributed by atoms with Crippen LogP contribution in [0.1, 0.15) is 86.6 Å². The molecule has 5 rings (SSSR count). The van der Waals surface area contributed by atoms with Crippen molar-refractivity contribution < 1.29 is 9.47 Å². The molecule has 0 saturated heterocycles. The Balaban J connectivity index is 1.82. The second kappa shape index (κ2) is 12.6. The quantitative estimate of drug-likeness (QED) is 0.159. The summed E-state index contributed by atoms with van der Waals surface area (Å²) in [5, 5.41) is 0. The van der Waals surface area contributed by atoms with Gasteiger partial charge >= 0.3 is 242 Å². The van der Waals surface area contributed by atoms with Crippen LogP contribution >= 0.6 is 0 Å². The number of fused-ring (bicyclic) bond motifs is 2. The van der Waals surface area contributed by atoms with E-state index in [1.165, 1.54) is 71.9 Å². The van der Waals surface area contributed by atoms with Crippen molar-refractivity contribution >= 4 is 24.9 Å². The SMILES string of the molecule is CCCCC[C]1=[GeH][C]2=C(C=C1OC)c1cc(OC)c(CCCCC)cc1C2(c1ccccc1)c1ccccc1. The Bertz CT molecular complexity index is 1340. The molecule has 0 saturated carbocycles. The first-order chi connectivity index (χ1) is 19.2. The number of ether oxygens (including phenoxy) is 2. The van der Waals surface area contributed by atoms with Crippen molar-refractivity contribution in [1.29, 1.82) is 0 Å². The molecule has 3 aromatic rings. The Hall–Kier alpha value is -2.85. The summed E-state index contributed by atoms with van der Waals surface area (Å²) in [4.78, 5) is 0. The molecule has 0 unspecified atom stereocenters. The molecule has 39 heavy (non-hydrogen) atoms. The van der Waals surface area contributed by atoms with Crippen molar-refractivity contribution in [1.82, 2.24) is 0 Å². The van der Waals surface area contributed by atoms with Gasteiger partial charge in [-0.2, -0.15) is 0 Å². The summed E-state index contributed by atoms with van der Waals surface area (Å²) in [5.74, 6) is 2.13. The van der Waals surface area contributed by atoms with Crippen molar-refractivity contribution in [3.05, 3.63) is 117 Å². The standard InChI is InChI=1S/C36H42GeO2/c1-5-7-11-17-26-23-31-29(24-33(26)38-3)30-25-34(39-4)32(22-12-8-6-2)37-35(30)36(31,27-18-13-9-14-19-27)28-20-15-10-16-21-28/h9-10,13-16,18-21,23-25,37H,5-8,11-12,17,22H2,1-4H3. The number of benzene rings is 3. The molecule has 202 valence electrons. The molecule has 0 spiro atoms. The number of unbranched alkanes of at least 4 members (excludes halogenated alkanes) is 4. The van der Waals surface area contributed by atoms with Crippen LogP contribution in [0.25, 0.3) is 5.57 Å². The number of allylic oxidation sites excluding steroid dienone is 4. The van der Waals surface area contributed by atoms with Gasteiger partial charge < -0.3 is 0 Å². The van der Waals surface area contributed by atoms with Crippen LogP contribution in [0.4, 0.5) is 0 Å². The maximum absolute atomic E-state index is 6.08. The minimum atomic E-state index is -0.991. The van der Waals surface area contributed by atoms with Gasteiger partial charge in [-0.3, -0.25) is 0 Å². The summed E-state index contributed by atoms with van der Waals surface area (Å²) in [6, 6.07) is 27.3. The van der Waals surface area contributed by atoms with Crippen molar-refractivity contribution in [2.45, 2.75) is 70.6 Å². The van der Waals surface area contributed by atoms with Gasteiger partial charge in [-0.25, -0.2) is 0 Å². The molecule has 0 amide bonds. The molecule has 1 heterocycles. The predicted molar refractivity (Wildman–Crippen MR) is 167 cm³/mol. The normalized spacial score (nSPS) is 15.4. The number of aryl methyl sites for hydroxylation is 1. The molecule has 0 aromatic heterocycles. The zero-order chi connectivity index (χ0) is 27.2. The Morgan fingerprint density at radius 2 is 1.33 bits per heavy atom. The van der Waals surface area contributed by atoms with Crippen LogP contribution in [-0.4, -0.2) is 33.6 Å². The molecule has 0 N–H and O–H groups in total. The fourth-order valence-corrected chi connectivity index (χ4v) is 11.0. The van der Waals surface area contributed by atoms with Crippen LogP contribution < -0.4 is 4.74 Å². The molecule has 0 bridgehead atoms. The van der Waals surface area contributed by atoms with E-state index in [9.17, 15) is 0 Å². The second-order valence-corrected chi connectivity index (χ2v) is 14.1. The van der Waals surface area contributed by atoms with Gasteiger partial charge in [-0.05, 0) is 0 Å². The molecule has 3 aromatic carbocycles. The first-order valence-electron chi connectivity index (χ1n) is 14.7. The molecule has 2 nitrogen and oxygen atoms in total. The van der Waals surface area contributed by atoms with Gasteiger partial charge in [-0.1, -0.05) is 0 Å². The molecule has 0 fully saturated rings. The van der Waals surface area contributed by atoms with E-state index >= 15 is 0 Å². The summed E-state index contributed by atoms with van der Waals surface area (Å²) in [6.45, 7) is 4.56. The molecular formula is C36H42GeO2. The Morgan fingerprint density at radius 1 is 0.718 bits per heavy atom. The molecule has 1 aliphatic carbocycles. The number of hydrogen-bond donors (Lipinski definition) is 0. The molecule has 2 aliphatic rings. The van der Waals surface area contributed by atoms with Gasteiger partial charge in [0.25, 0.3) is 0 Å². The fraction of sp³-hybridized carbons (Fsp3) is 0.361. The van der Waals surface area contributed by atoms with E-state index < -0.39 is 15.0 Å². The Labute approximate surface area is 241 Å². The van der Waals surface area contributed by atoms with Gasteiger partial charge in [0.1, 0.15) is 0 Å². The third-order valence-electron chi connectivity index (χ3n) is 8.45. The van der Waals surface area contributed by atoms with Crippen LogP contribution in [-0.2, 0) is 16.6 Å². The molecule has 3 heteroatoms. The maximum atomic E-state index is 6.08. The van der Waals surface area contributed by atoms with Crippen molar-refractivity contribution in [2.24, 2.45) is 0 Å². The van der Waals surface area contributed by atoms with Gasteiger partial charge in [0.15, 0.2) is 0 Å². The predicted octanol–water partition coefficient (Wildman–Crippen LogP) is 8.22. The van der Waals surface area contributed by atoms with E-state index in [4.69, 9.17) is 9.47 Å². The first kappa shape index (κ1) is 27.7. The van der Waals surface area contributed by atoms with Crippen LogP contribution in [0.2, 0.25) is 0 Å². The van der Waals surface area contributed by atoms with E-state index in [1.807, 2.05) is 14.2 Å². The van der Waals surface area contributed by atoms with E-state index in [-0.39, 0.29) is 5.41 Å². The van der Waals surface area contributed by atoms with E-state index in [0.717, 1.165) is 24.4 Å². The molecule has 0 atom stereocenters. The van der Waals surface area contributed by atoms with E-state index in [0.29, 0.717) is 0 Å². The van der Waals surface area contributed by atoms with Crippen molar-refractivity contribution in [3.8, 4) is 5.75 Å². The van der Waals surface area contributed by atoms with Crippen molar-refractivity contribution in [2.75, 3.05) is 14.2 Å². The Morgan fingerprint density at radius 3 is 1.90 bits per heavy atom. The van der Waals surface area contributed by atoms with Gasteiger partial charge in [-0.15, -0.1) is 0 Å². The summed E-state index contributed by atoms with van der Waals surface area (Å²) < 4.78 is 15.3. The minimum absolute atomic E-state index is 0.287. The van der Waals surface area contributed by atoms with E-state index in [1.54, 1.807) is 8.76 Å². The fourth-order valence-electron chi connectivity index (χ4n) is 6.53. The van der Waals surface area contributed by atoms with Crippen LogP contribution in [0.5, 0.6) is 5.75 Å². The average Bonchev–Trinajstić information content (AvgIpc) is 3.26. The van der Waals surface area contributed by atoms with Crippen LogP contribution in [0, 0.1) is 0 Å². The van der Waals surface area contributed by atoms with Crippen molar-refractivity contribution in [3.63, 3.8) is 0 Å². The topological polar surface area (TPSA) is 18.5 Å². The van der Waals surface area contributed by atoms with Crippen LogP contribution in [0.15, 0.2) is 89.0 Å². The van der Waals surface area contributed by atoms with Gasteiger partial charge in [0.2, 0.25) is 0 Å². The average molecular weight is 579 g/mol. The van der Waals surface area contributed by atoms with Crippen LogP contribution in [0.3, 0.4) is 0 Å². The molecule has 1 aliphatic heterocycles. The third-order valence-corrected chi connectivity index (χ3v) is 12.6. The van der Waals surface area contributed by atoms with Gasteiger partial charge in [0, 0.05) is 0 Å². The molecule has 0 radical (unpaired) electrons. The Kier molecular flexibility index (Phi) is 8.92. The number of hydrogen-bond acceptors (Lipinski definition) is 2. The summed E-state index contributed by atoms with van der Waals surface area (Å²) in [5.41, 5.74) is 7.87. The first-order valence-corrected chi connectivity index (χ1v) is 17.1. The van der Waals surface area contributed by atoms with E-state index in [2.05, 4.69) is 92.7 Å². The summed E-state index contributed by atoms with van der Waals surface area (Å²) in [6.07, 6.45) is 11.9. The zero-order valence-electron chi connectivity index (χ0n) is 24.1. The molecular weight excluding hydrogens is 537 g/mol. The summed E-state index contributed by atoms with van der Waals surface area (Å²) >= 11 is -0.991. The third kappa shape index (κ3) is 5.09. The number of rotatable bonds is 12.